The second-order valence-corrected chi connectivity index (χ2v) is 26.6. The molecule has 3 heteroatoms. The minimum atomic E-state index is -1.81. The van der Waals surface area contributed by atoms with Gasteiger partial charge in [-0.05, 0) is 134 Å². The molecule has 4 aliphatic carbocycles. The van der Waals surface area contributed by atoms with E-state index in [4.69, 9.17) is 9.47 Å². The molecule has 0 aliphatic heterocycles. The maximum absolute atomic E-state index is 6.66. The second-order valence-electron chi connectivity index (χ2n) is 21.7. The van der Waals surface area contributed by atoms with Crippen LogP contribution in [0.15, 0.2) is 36.4 Å². The number of hydrogen-bond donors (Lipinski definition) is 0. The Hall–Kier alpha value is -1.42. The van der Waals surface area contributed by atoms with Crippen LogP contribution in [0.1, 0.15) is 126 Å². The molecule has 0 N–H and O–H groups in total. The molecule has 6 rings (SSSR count). The minimum absolute atomic E-state index is 0.203. The van der Waals surface area contributed by atoms with Gasteiger partial charge in [-0.15, -0.1) is 0 Å². The third kappa shape index (κ3) is 7.01. The first-order valence-electron chi connectivity index (χ1n) is 20.9. The van der Waals surface area contributed by atoms with Crippen LogP contribution in [-0.4, -0.2) is 34.5 Å². The number of benzene rings is 2. The zero-order valence-corrected chi connectivity index (χ0v) is 36.7. The largest absolute Gasteiger partial charge is 0.381 e. The lowest BCUT2D eigenvalue weighted by Crippen LogP contribution is -2.53. The maximum Gasteiger partial charge on any atom is 0.0675 e. The number of aryl methyl sites for hydroxylation is 4. The summed E-state index contributed by atoms with van der Waals surface area (Å²) < 4.78 is 13.3. The molecule has 14 atom stereocenters. The van der Waals surface area contributed by atoms with Gasteiger partial charge in [0.25, 0.3) is 0 Å². The molecule has 4 saturated carbocycles. The van der Waals surface area contributed by atoms with Crippen LogP contribution < -0.4 is 0 Å². The number of ether oxygens (including phenoxy) is 2. The van der Waals surface area contributed by atoms with E-state index in [9.17, 15) is 0 Å². The predicted molar refractivity (Wildman–Crippen MR) is 221 cm³/mol. The van der Waals surface area contributed by atoms with Crippen molar-refractivity contribution in [1.82, 2.24) is 0 Å². The van der Waals surface area contributed by atoms with Crippen molar-refractivity contribution >= 4 is 8.07 Å². The Morgan fingerprint density at radius 3 is 1.10 bits per heavy atom. The van der Waals surface area contributed by atoms with Crippen LogP contribution >= 0.6 is 0 Å². The highest BCUT2D eigenvalue weighted by Crippen LogP contribution is 2.70. The lowest BCUT2D eigenvalue weighted by molar-refractivity contribution is -0.0702. The first-order chi connectivity index (χ1) is 23.7. The average Bonchev–Trinajstić information content (AvgIpc) is 3.52. The van der Waals surface area contributed by atoms with Crippen molar-refractivity contribution < 1.29 is 9.47 Å². The third-order valence-corrected chi connectivity index (χ3v) is 21.2. The fraction of sp³-hybridized carbons (Fsp3) is 0.750. The van der Waals surface area contributed by atoms with Crippen molar-refractivity contribution in [1.29, 1.82) is 0 Å². The molecule has 284 valence electrons. The van der Waals surface area contributed by atoms with E-state index in [1.807, 2.05) is 14.2 Å². The Balaban J connectivity index is 1.43. The smallest absolute Gasteiger partial charge is 0.0675 e. The SMILES string of the molecule is COC1C(c2cc(C)cc(C)c2)C2CC(C)C([Si](C)(C)C3C(C)CC4C3CC(C(C)(C)C)C(OC)C4c3cc(C)cc(C)c3)C2CC1C(C)(C)C. The molecule has 2 aromatic rings. The van der Waals surface area contributed by atoms with Crippen LogP contribution in [-0.2, 0) is 9.47 Å². The number of hydrogen-bond acceptors (Lipinski definition) is 2. The molecule has 4 aliphatic rings. The average molecular weight is 713 g/mol. The van der Waals surface area contributed by atoms with Crippen molar-refractivity contribution in [3.05, 3.63) is 69.8 Å². The first kappa shape index (κ1) is 39.3. The lowest BCUT2D eigenvalue weighted by atomic mass is 9.59. The molecule has 0 spiro atoms. The molecule has 2 nitrogen and oxygen atoms in total. The fourth-order valence-corrected chi connectivity index (χ4v) is 21.2. The number of methoxy groups -OCH3 is 2. The zero-order chi connectivity index (χ0) is 37.5. The van der Waals surface area contributed by atoms with Gasteiger partial charge in [0.05, 0.1) is 20.3 Å². The van der Waals surface area contributed by atoms with Crippen LogP contribution in [0.5, 0.6) is 0 Å². The van der Waals surface area contributed by atoms with Gasteiger partial charge in [0.15, 0.2) is 0 Å². The van der Waals surface area contributed by atoms with Gasteiger partial charge in [-0.2, -0.15) is 0 Å². The molecule has 4 fully saturated rings. The highest BCUT2D eigenvalue weighted by Gasteiger charge is 2.64. The standard InChI is InChI=1S/C48H76O2Si/c1-27-17-28(2)20-33(19-27)41-35-23-31(5)45(37(35)25-39(43(41)49-13)47(7,8)9)51(15,16)46-32(6)24-36-38(46)26-40(48(10,11)12)44(50-14)42(36)34-21-29(3)18-30(4)22-34/h17-22,31-32,35-46H,23-26H2,1-16H3. The van der Waals surface area contributed by atoms with Gasteiger partial charge in [-0.25, -0.2) is 0 Å². The normalized spacial score (nSPS) is 38.8. The van der Waals surface area contributed by atoms with Gasteiger partial charge in [0.2, 0.25) is 0 Å². The van der Waals surface area contributed by atoms with Crippen molar-refractivity contribution in [3.8, 4) is 0 Å². The Kier molecular flexibility index (Phi) is 10.8. The van der Waals surface area contributed by atoms with Crippen molar-refractivity contribution in [2.45, 2.75) is 157 Å². The Morgan fingerprint density at radius 2 is 0.824 bits per heavy atom. The van der Waals surface area contributed by atoms with Crippen molar-refractivity contribution in [2.24, 2.45) is 58.2 Å². The van der Waals surface area contributed by atoms with Crippen LogP contribution in [0.4, 0.5) is 0 Å². The Bertz CT molecular complexity index is 1390. The summed E-state index contributed by atoms with van der Waals surface area (Å²) in [7, 11) is 2.22. The summed E-state index contributed by atoms with van der Waals surface area (Å²) in [5, 5.41) is 0. The van der Waals surface area contributed by atoms with Gasteiger partial charge >= 0.3 is 0 Å². The molecule has 0 radical (unpaired) electrons. The summed E-state index contributed by atoms with van der Waals surface area (Å²) in [5.41, 5.74) is 10.8. The molecule has 14 unspecified atom stereocenters. The number of fused-ring (bicyclic) bond motifs is 2. The summed E-state index contributed by atoms with van der Waals surface area (Å²) >= 11 is 0. The van der Waals surface area contributed by atoms with Crippen molar-refractivity contribution in [3.63, 3.8) is 0 Å². The quantitative estimate of drug-likeness (QED) is 0.278. The third-order valence-electron chi connectivity index (χ3n) is 15.8. The Morgan fingerprint density at radius 1 is 0.510 bits per heavy atom. The van der Waals surface area contributed by atoms with Crippen LogP contribution in [0.3, 0.4) is 0 Å². The van der Waals surface area contributed by atoms with Crippen LogP contribution in [0, 0.1) is 85.9 Å². The van der Waals surface area contributed by atoms with Gasteiger partial charge in [0, 0.05) is 26.1 Å². The molecular formula is C48H76O2Si. The van der Waals surface area contributed by atoms with E-state index in [2.05, 4.69) is 133 Å². The highest BCUT2D eigenvalue weighted by atomic mass is 28.3. The number of rotatable bonds is 6. The second kappa shape index (κ2) is 14.0. The van der Waals surface area contributed by atoms with Crippen molar-refractivity contribution in [2.75, 3.05) is 14.2 Å². The lowest BCUT2D eigenvalue weighted by Gasteiger charge is -2.55. The first-order valence-corrected chi connectivity index (χ1v) is 24.1. The van der Waals surface area contributed by atoms with Gasteiger partial charge in [-0.3, -0.25) is 0 Å². The zero-order valence-electron chi connectivity index (χ0n) is 35.7. The molecule has 2 aromatic carbocycles. The molecule has 0 heterocycles. The van der Waals surface area contributed by atoms with E-state index >= 15 is 0 Å². The summed E-state index contributed by atoms with van der Waals surface area (Å²) in [6, 6.07) is 14.8. The Labute approximate surface area is 315 Å². The molecule has 0 saturated heterocycles. The maximum atomic E-state index is 6.66. The molecule has 51 heavy (non-hydrogen) atoms. The van der Waals surface area contributed by atoms with E-state index in [0.717, 1.165) is 34.8 Å². The minimum Gasteiger partial charge on any atom is -0.381 e. The summed E-state index contributed by atoms with van der Waals surface area (Å²) in [5.74, 6) is 6.53. The predicted octanol–water partition coefficient (Wildman–Crippen LogP) is 12.9. The fourth-order valence-electron chi connectivity index (χ4n) is 14.6. The van der Waals surface area contributed by atoms with Crippen LogP contribution in [0.2, 0.25) is 24.2 Å². The van der Waals surface area contributed by atoms with Crippen LogP contribution in [0.25, 0.3) is 0 Å². The molecule has 0 bridgehead atoms. The van der Waals surface area contributed by atoms with E-state index in [-0.39, 0.29) is 23.0 Å². The topological polar surface area (TPSA) is 18.5 Å². The molecular weight excluding hydrogens is 637 g/mol. The summed E-state index contributed by atoms with van der Waals surface area (Å²) in [6.45, 7) is 35.3. The van der Waals surface area contributed by atoms with Gasteiger partial charge < -0.3 is 9.47 Å². The molecule has 0 amide bonds. The summed E-state index contributed by atoms with van der Waals surface area (Å²) in [6.07, 6.45) is 5.92. The van der Waals surface area contributed by atoms with E-state index in [1.54, 1.807) is 11.1 Å². The van der Waals surface area contributed by atoms with E-state index < -0.39 is 8.07 Å². The van der Waals surface area contributed by atoms with Gasteiger partial charge in [0.1, 0.15) is 0 Å². The highest BCUT2D eigenvalue weighted by molar-refractivity contribution is 6.80. The van der Waals surface area contributed by atoms with Gasteiger partial charge in [-0.1, -0.05) is 127 Å². The van der Waals surface area contributed by atoms with E-state index in [1.165, 1.54) is 47.9 Å². The summed E-state index contributed by atoms with van der Waals surface area (Å²) in [4.78, 5) is 0. The monoisotopic (exact) mass is 713 g/mol. The molecule has 0 aromatic heterocycles. The van der Waals surface area contributed by atoms with E-state index in [0.29, 0.717) is 35.5 Å².